The third-order valence-electron chi connectivity index (χ3n) is 4.97. The van der Waals surface area contributed by atoms with E-state index in [2.05, 4.69) is 16.7 Å². The van der Waals surface area contributed by atoms with Crippen LogP contribution in [0, 0.1) is 0 Å². The minimum atomic E-state index is -0.753. The van der Waals surface area contributed by atoms with E-state index in [4.69, 9.17) is 16.6 Å². The third-order valence-corrected chi connectivity index (χ3v) is 5.20. The highest BCUT2D eigenvalue weighted by atomic mass is 35.5. The number of nitrogens with zero attached hydrogens (tertiary/aromatic N) is 3. The number of hydrogen-bond donors (Lipinski definition) is 1. The van der Waals surface area contributed by atoms with Crippen molar-refractivity contribution in [2.24, 2.45) is 0 Å². The molecule has 1 N–H and O–H groups in total. The molecule has 0 radical (unpaired) electrons. The molecule has 5 nitrogen and oxygen atoms in total. The number of hydrogen-bond acceptors (Lipinski definition) is 3. The van der Waals surface area contributed by atoms with Crippen molar-refractivity contribution in [2.75, 3.05) is 6.54 Å². The molecule has 0 saturated carbocycles. The molecule has 2 aromatic carbocycles. The molecule has 6 heteroatoms. The molecular weight excluding hydrogens is 350 g/mol. The van der Waals surface area contributed by atoms with E-state index in [1.165, 1.54) is 5.56 Å². The molecule has 1 fully saturated rings. The summed E-state index contributed by atoms with van der Waals surface area (Å²) in [4.78, 5) is 18.3. The van der Waals surface area contributed by atoms with Crippen LogP contribution in [-0.2, 0) is 17.9 Å². The number of aliphatic carboxylic acids is 1. The quantitative estimate of drug-likeness (QED) is 0.743. The van der Waals surface area contributed by atoms with Gasteiger partial charge in [0, 0.05) is 11.6 Å². The van der Waals surface area contributed by atoms with Crippen LogP contribution in [0.25, 0.3) is 11.0 Å². The summed E-state index contributed by atoms with van der Waals surface area (Å²) >= 11 is 6.14. The van der Waals surface area contributed by atoms with E-state index >= 15 is 0 Å². The Balaban J connectivity index is 1.73. The molecule has 4 rings (SSSR count). The first-order valence-corrected chi connectivity index (χ1v) is 9.15. The Labute approximate surface area is 156 Å². The van der Waals surface area contributed by atoms with Crippen LogP contribution in [0.4, 0.5) is 0 Å². The normalized spacial score (nSPS) is 17.8. The lowest BCUT2D eigenvalue weighted by atomic mass is 10.2. The third kappa shape index (κ3) is 3.32. The Bertz CT molecular complexity index is 939. The Morgan fingerprint density at radius 1 is 1.19 bits per heavy atom. The maximum atomic E-state index is 11.5. The summed E-state index contributed by atoms with van der Waals surface area (Å²) in [5, 5.41) is 10.1. The van der Waals surface area contributed by atoms with Crippen molar-refractivity contribution < 1.29 is 9.90 Å². The van der Waals surface area contributed by atoms with Crippen molar-refractivity contribution in [3.05, 3.63) is 64.9 Å². The first-order valence-electron chi connectivity index (χ1n) is 8.77. The second-order valence-electron chi connectivity index (χ2n) is 6.70. The smallest absolute Gasteiger partial charge is 0.320 e. The van der Waals surface area contributed by atoms with Crippen LogP contribution < -0.4 is 0 Å². The molecule has 0 bridgehead atoms. The zero-order chi connectivity index (χ0) is 18.1. The number of carboxylic acid groups (broad SMARTS) is 1. The number of carboxylic acids is 1. The Morgan fingerprint density at radius 2 is 2.00 bits per heavy atom. The van der Waals surface area contributed by atoms with Crippen LogP contribution in [0.15, 0.2) is 48.5 Å². The number of aromatic nitrogens is 2. The van der Waals surface area contributed by atoms with Crippen LogP contribution in [0.5, 0.6) is 0 Å². The molecule has 1 atom stereocenters. The van der Waals surface area contributed by atoms with Crippen LogP contribution in [-0.4, -0.2) is 38.1 Å². The first kappa shape index (κ1) is 17.1. The summed E-state index contributed by atoms with van der Waals surface area (Å²) in [6, 6.07) is 15.5. The van der Waals surface area contributed by atoms with Crippen LogP contribution >= 0.6 is 11.6 Å². The van der Waals surface area contributed by atoms with Gasteiger partial charge in [-0.1, -0.05) is 41.9 Å². The van der Waals surface area contributed by atoms with Gasteiger partial charge >= 0.3 is 5.97 Å². The second kappa shape index (κ2) is 7.09. The summed E-state index contributed by atoms with van der Waals surface area (Å²) in [7, 11) is 0. The van der Waals surface area contributed by atoms with Crippen molar-refractivity contribution in [3.8, 4) is 0 Å². The highest BCUT2D eigenvalue weighted by molar-refractivity contribution is 6.31. The number of carbonyl (C=O) groups is 1. The zero-order valence-electron chi connectivity index (χ0n) is 14.3. The number of likely N-dealkylation sites (tertiary alicyclic amines) is 1. The summed E-state index contributed by atoms with van der Waals surface area (Å²) in [5.41, 5.74) is 3.04. The van der Waals surface area contributed by atoms with E-state index in [0.29, 0.717) is 24.5 Å². The minimum Gasteiger partial charge on any atom is -0.480 e. The van der Waals surface area contributed by atoms with Crippen molar-refractivity contribution in [3.63, 3.8) is 0 Å². The van der Waals surface area contributed by atoms with Gasteiger partial charge in [0.25, 0.3) is 0 Å². The number of benzene rings is 2. The number of fused-ring (bicyclic) bond motifs is 1. The highest BCUT2D eigenvalue weighted by Crippen LogP contribution is 2.25. The van der Waals surface area contributed by atoms with Crippen molar-refractivity contribution in [1.29, 1.82) is 0 Å². The van der Waals surface area contributed by atoms with Gasteiger partial charge in [0.05, 0.1) is 17.6 Å². The molecule has 2 heterocycles. The van der Waals surface area contributed by atoms with E-state index in [0.717, 1.165) is 29.8 Å². The van der Waals surface area contributed by atoms with Gasteiger partial charge in [-0.2, -0.15) is 0 Å². The second-order valence-corrected chi connectivity index (χ2v) is 7.14. The first-order chi connectivity index (χ1) is 12.6. The van der Waals surface area contributed by atoms with E-state index < -0.39 is 12.0 Å². The average molecular weight is 370 g/mol. The van der Waals surface area contributed by atoms with Gasteiger partial charge < -0.3 is 9.67 Å². The van der Waals surface area contributed by atoms with E-state index in [1.54, 1.807) is 0 Å². The number of halogens is 1. The van der Waals surface area contributed by atoms with Crippen molar-refractivity contribution >= 4 is 28.6 Å². The lowest BCUT2D eigenvalue weighted by Crippen LogP contribution is -2.36. The molecule has 1 aromatic heterocycles. The fourth-order valence-corrected chi connectivity index (χ4v) is 3.86. The Hall–Kier alpha value is -2.37. The fraction of sp³-hybridized carbons (Fsp3) is 0.300. The molecule has 0 unspecified atom stereocenters. The molecule has 0 spiro atoms. The molecular formula is C20H20ClN3O2. The lowest BCUT2D eigenvalue weighted by molar-refractivity contribution is -0.142. The maximum Gasteiger partial charge on any atom is 0.320 e. The fourth-order valence-electron chi connectivity index (χ4n) is 3.69. The number of rotatable bonds is 5. The van der Waals surface area contributed by atoms with Gasteiger partial charge in [-0.05, 0) is 43.1 Å². The predicted octanol–water partition coefficient (Wildman–Crippen LogP) is 3.79. The van der Waals surface area contributed by atoms with Crippen LogP contribution in [0.1, 0.15) is 24.2 Å². The lowest BCUT2D eigenvalue weighted by Gasteiger charge is -2.21. The molecule has 26 heavy (non-hydrogen) atoms. The summed E-state index contributed by atoms with van der Waals surface area (Å²) in [5.74, 6) is 0.121. The Kier molecular flexibility index (Phi) is 4.66. The van der Waals surface area contributed by atoms with Gasteiger partial charge in [0.15, 0.2) is 0 Å². The molecule has 1 saturated heterocycles. The minimum absolute atomic E-state index is 0.427. The molecule has 134 valence electrons. The maximum absolute atomic E-state index is 11.5. The van der Waals surface area contributed by atoms with Gasteiger partial charge in [0.1, 0.15) is 11.9 Å². The topological polar surface area (TPSA) is 58.4 Å². The highest BCUT2D eigenvalue weighted by Gasteiger charge is 2.31. The van der Waals surface area contributed by atoms with Gasteiger partial charge in [0.2, 0.25) is 0 Å². The number of imidazole rings is 1. The summed E-state index contributed by atoms with van der Waals surface area (Å²) in [6.45, 7) is 2.00. The molecule has 3 aromatic rings. The molecule has 1 aliphatic heterocycles. The SMILES string of the molecule is O=C(O)[C@@H]1CCCN1Cc1nc2cc(Cl)ccc2n1Cc1ccccc1. The average Bonchev–Trinajstić information content (AvgIpc) is 3.21. The van der Waals surface area contributed by atoms with Gasteiger partial charge in [-0.15, -0.1) is 0 Å². The van der Waals surface area contributed by atoms with E-state index in [9.17, 15) is 9.90 Å². The monoisotopic (exact) mass is 369 g/mol. The van der Waals surface area contributed by atoms with Crippen molar-refractivity contribution in [1.82, 2.24) is 14.5 Å². The van der Waals surface area contributed by atoms with E-state index in [-0.39, 0.29) is 0 Å². The molecule has 0 aliphatic carbocycles. The van der Waals surface area contributed by atoms with E-state index in [1.807, 2.05) is 41.3 Å². The summed E-state index contributed by atoms with van der Waals surface area (Å²) in [6.07, 6.45) is 1.60. The summed E-state index contributed by atoms with van der Waals surface area (Å²) < 4.78 is 2.16. The van der Waals surface area contributed by atoms with Crippen LogP contribution in [0.3, 0.4) is 0 Å². The predicted molar refractivity (Wildman–Crippen MR) is 101 cm³/mol. The van der Waals surface area contributed by atoms with Crippen molar-refractivity contribution in [2.45, 2.75) is 32.0 Å². The van der Waals surface area contributed by atoms with Gasteiger partial charge in [-0.25, -0.2) is 4.98 Å². The standard InChI is InChI=1S/C20H20ClN3O2/c21-15-8-9-17-16(11-15)22-19(13-23-10-4-7-18(23)20(25)26)24(17)12-14-5-2-1-3-6-14/h1-3,5-6,8-9,11,18H,4,7,10,12-13H2,(H,25,26)/t18-/m0/s1. The van der Waals surface area contributed by atoms with Gasteiger partial charge in [-0.3, -0.25) is 9.69 Å². The Morgan fingerprint density at radius 3 is 2.77 bits per heavy atom. The molecule has 0 amide bonds. The zero-order valence-corrected chi connectivity index (χ0v) is 15.1. The molecule has 1 aliphatic rings. The largest absolute Gasteiger partial charge is 0.480 e. The van der Waals surface area contributed by atoms with Crippen LogP contribution in [0.2, 0.25) is 5.02 Å².